The van der Waals surface area contributed by atoms with Gasteiger partial charge in [-0.05, 0) is 24.3 Å². The quantitative estimate of drug-likeness (QED) is 0.886. The van der Waals surface area contributed by atoms with Gasteiger partial charge in [-0.3, -0.25) is 9.59 Å². The van der Waals surface area contributed by atoms with Gasteiger partial charge >= 0.3 is 0 Å². The van der Waals surface area contributed by atoms with Crippen molar-refractivity contribution in [2.75, 3.05) is 23.9 Å². The minimum atomic E-state index is -0.402. The Hall–Kier alpha value is -2.48. The molecule has 132 valence electrons. The fourth-order valence-electron chi connectivity index (χ4n) is 2.62. The number of hydrogen-bond donors (Lipinski definition) is 1. The molecule has 1 atom stereocenters. The SMILES string of the molecule is COc1ccc(N2CC(C(=O)Nc3nnc(C(C)C)s3)CC2=O)cc1. The second kappa shape index (κ2) is 7.18. The van der Waals surface area contributed by atoms with E-state index in [9.17, 15) is 9.59 Å². The summed E-state index contributed by atoms with van der Waals surface area (Å²) < 4.78 is 5.12. The van der Waals surface area contributed by atoms with E-state index in [0.29, 0.717) is 11.7 Å². The van der Waals surface area contributed by atoms with Crippen LogP contribution in [0.1, 0.15) is 31.2 Å². The fraction of sp³-hybridized carbons (Fsp3) is 0.412. The number of methoxy groups -OCH3 is 1. The largest absolute Gasteiger partial charge is 0.497 e. The molecule has 0 radical (unpaired) electrons. The van der Waals surface area contributed by atoms with Crippen LogP contribution in [0.25, 0.3) is 0 Å². The molecular weight excluding hydrogens is 340 g/mol. The van der Waals surface area contributed by atoms with Gasteiger partial charge in [0.2, 0.25) is 16.9 Å². The topological polar surface area (TPSA) is 84.4 Å². The van der Waals surface area contributed by atoms with Gasteiger partial charge in [-0.25, -0.2) is 0 Å². The van der Waals surface area contributed by atoms with Crippen molar-refractivity contribution < 1.29 is 14.3 Å². The molecule has 7 nitrogen and oxygen atoms in total. The predicted molar refractivity (Wildman–Crippen MR) is 96.1 cm³/mol. The fourth-order valence-corrected chi connectivity index (χ4v) is 3.37. The van der Waals surface area contributed by atoms with Crippen LogP contribution in [0.15, 0.2) is 24.3 Å². The van der Waals surface area contributed by atoms with E-state index < -0.39 is 5.92 Å². The standard InChI is InChI=1S/C17H20N4O3S/c1-10(2)16-19-20-17(25-16)18-15(23)11-8-14(22)21(9-11)12-4-6-13(24-3)7-5-12/h4-7,10-11H,8-9H2,1-3H3,(H,18,20,23). The molecule has 0 spiro atoms. The van der Waals surface area contributed by atoms with Gasteiger partial charge < -0.3 is 15.0 Å². The molecule has 0 bridgehead atoms. The zero-order chi connectivity index (χ0) is 18.0. The average molecular weight is 360 g/mol. The number of carbonyl (C=O) groups is 2. The van der Waals surface area contributed by atoms with Crippen molar-refractivity contribution >= 4 is 34.0 Å². The summed E-state index contributed by atoms with van der Waals surface area (Å²) in [6.07, 6.45) is 0.188. The summed E-state index contributed by atoms with van der Waals surface area (Å²) in [6.45, 7) is 4.40. The lowest BCUT2D eigenvalue weighted by Gasteiger charge is -2.16. The van der Waals surface area contributed by atoms with E-state index in [1.807, 2.05) is 26.0 Å². The van der Waals surface area contributed by atoms with Crippen LogP contribution in [0.3, 0.4) is 0 Å². The Kier molecular flexibility index (Phi) is 4.98. The van der Waals surface area contributed by atoms with E-state index in [2.05, 4.69) is 15.5 Å². The molecule has 1 N–H and O–H groups in total. The first-order valence-electron chi connectivity index (χ1n) is 8.06. The van der Waals surface area contributed by atoms with Crippen molar-refractivity contribution in [2.45, 2.75) is 26.2 Å². The monoisotopic (exact) mass is 360 g/mol. The Labute approximate surface area is 150 Å². The summed E-state index contributed by atoms with van der Waals surface area (Å²) >= 11 is 1.36. The number of ether oxygens (including phenoxy) is 1. The molecule has 1 aromatic heterocycles. The number of nitrogens with zero attached hydrogens (tertiary/aromatic N) is 3. The van der Waals surface area contributed by atoms with Gasteiger partial charge in [0.25, 0.3) is 0 Å². The van der Waals surface area contributed by atoms with Crippen LogP contribution in [0.2, 0.25) is 0 Å². The molecule has 8 heteroatoms. The second-order valence-electron chi connectivity index (χ2n) is 6.19. The Balaban J connectivity index is 1.65. The molecule has 1 fully saturated rings. The van der Waals surface area contributed by atoms with Crippen LogP contribution in [0, 0.1) is 5.92 Å². The van der Waals surface area contributed by atoms with Crippen molar-refractivity contribution in [2.24, 2.45) is 5.92 Å². The van der Waals surface area contributed by atoms with E-state index >= 15 is 0 Å². The summed E-state index contributed by atoms with van der Waals surface area (Å²) in [4.78, 5) is 26.4. The lowest BCUT2D eigenvalue weighted by atomic mass is 10.1. The maximum atomic E-state index is 12.4. The minimum Gasteiger partial charge on any atom is -0.497 e. The van der Waals surface area contributed by atoms with Crippen molar-refractivity contribution in [1.82, 2.24) is 10.2 Å². The summed E-state index contributed by atoms with van der Waals surface area (Å²) in [5.41, 5.74) is 0.763. The second-order valence-corrected chi connectivity index (χ2v) is 7.20. The number of hydrogen-bond acceptors (Lipinski definition) is 6. The molecule has 2 heterocycles. The van der Waals surface area contributed by atoms with Crippen LogP contribution in [-0.2, 0) is 9.59 Å². The lowest BCUT2D eigenvalue weighted by Crippen LogP contribution is -2.28. The van der Waals surface area contributed by atoms with Crippen LogP contribution >= 0.6 is 11.3 Å². The number of nitrogens with one attached hydrogen (secondary N) is 1. The Morgan fingerprint density at radius 3 is 2.64 bits per heavy atom. The highest BCUT2D eigenvalue weighted by molar-refractivity contribution is 7.15. The van der Waals surface area contributed by atoms with Crippen molar-refractivity contribution in [1.29, 1.82) is 0 Å². The molecule has 1 saturated heterocycles. The van der Waals surface area contributed by atoms with Gasteiger partial charge in [0.1, 0.15) is 10.8 Å². The summed E-state index contributed by atoms with van der Waals surface area (Å²) in [5, 5.41) is 12.2. The maximum Gasteiger partial charge on any atom is 0.231 e. The average Bonchev–Trinajstić information content (AvgIpc) is 3.22. The van der Waals surface area contributed by atoms with Crippen molar-refractivity contribution in [3.05, 3.63) is 29.3 Å². The Bertz CT molecular complexity index is 772. The number of benzene rings is 1. The van der Waals surface area contributed by atoms with Gasteiger partial charge in [0.05, 0.1) is 13.0 Å². The Morgan fingerprint density at radius 1 is 1.32 bits per heavy atom. The van der Waals surface area contributed by atoms with Crippen molar-refractivity contribution in [3.63, 3.8) is 0 Å². The molecule has 25 heavy (non-hydrogen) atoms. The lowest BCUT2D eigenvalue weighted by molar-refractivity contribution is -0.122. The number of rotatable bonds is 5. The third kappa shape index (κ3) is 3.79. The molecule has 3 rings (SSSR count). The zero-order valence-electron chi connectivity index (χ0n) is 14.4. The number of anilines is 2. The summed E-state index contributed by atoms with van der Waals surface area (Å²) in [5.74, 6) is 0.325. The number of amides is 2. The van der Waals surface area contributed by atoms with Gasteiger partial charge in [-0.2, -0.15) is 0 Å². The van der Waals surface area contributed by atoms with E-state index in [0.717, 1.165) is 16.4 Å². The van der Waals surface area contributed by atoms with E-state index in [1.54, 1.807) is 24.1 Å². The zero-order valence-corrected chi connectivity index (χ0v) is 15.2. The number of aromatic nitrogens is 2. The highest BCUT2D eigenvalue weighted by Crippen LogP contribution is 2.28. The third-order valence-electron chi connectivity index (χ3n) is 4.04. The number of carbonyl (C=O) groups excluding carboxylic acids is 2. The summed E-state index contributed by atoms with van der Waals surface area (Å²) in [6, 6.07) is 7.22. The normalized spacial score (nSPS) is 17.2. The van der Waals surface area contributed by atoms with Gasteiger partial charge in [0, 0.05) is 24.6 Å². The van der Waals surface area contributed by atoms with Crippen molar-refractivity contribution in [3.8, 4) is 5.75 Å². The Morgan fingerprint density at radius 2 is 2.04 bits per heavy atom. The molecule has 2 aromatic rings. The van der Waals surface area contributed by atoms with Gasteiger partial charge in [-0.15, -0.1) is 10.2 Å². The molecule has 1 aliphatic heterocycles. The smallest absolute Gasteiger partial charge is 0.231 e. The molecule has 2 amide bonds. The molecule has 1 aromatic carbocycles. The van der Waals surface area contributed by atoms with E-state index in [4.69, 9.17) is 4.74 Å². The molecule has 0 saturated carbocycles. The van der Waals surface area contributed by atoms with Gasteiger partial charge in [0.15, 0.2) is 0 Å². The summed E-state index contributed by atoms with van der Waals surface area (Å²) in [7, 11) is 1.59. The maximum absolute atomic E-state index is 12.4. The highest BCUT2D eigenvalue weighted by atomic mass is 32.1. The first-order valence-corrected chi connectivity index (χ1v) is 8.88. The van der Waals surface area contributed by atoms with Crippen LogP contribution in [0.5, 0.6) is 5.75 Å². The third-order valence-corrected chi connectivity index (χ3v) is 5.18. The van der Waals surface area contributed by atoms with Crippen LogP contribution in [0.4, 0.5) is 10.8 Å². The first-order chi connectivity index (χ1) is 12.0. The van der Waals surface area contributed by atoms with E-state index in [-0.39, 0.29) is 24.2 Å². The molecular formula is C17H20N4O3S. The van der Waals surface area contributed by atoms with Gasteiger partial charge in [-0.1, -0.05) is 25.2 Å². The van der Waals surface area contributed by atoms with E-state index in [1.165, 1.54) is 11.3 Å². The first kappa shape index (κ1) is 17.3. The highest BCUT2D eigenvalue weighted by Gasteiger charge is 2.35. The molecule has 0 aliphatic carbocycles. The minimum absolute atomic E-state index is 0.0644. The van der Waals surface area contributed by atoms with Crippen LogP contribution in [-0.4, -0.2) is 35.7 Å². The molecule has 1 unspecified atom stereocenters. The predicted octanol–water partition coefficient (Wildman–Crippen LogP) is 2.66. The molecule has 1 aliphatic rings. The van der Waals surface area contributed by atoms with Crippen LogP contribution < -0.4 is 15.0 Å².